The number of rotatable bonds is 9. The summed E-state index contributed by atoms with van der Waals surface area (Å²) in [5.74, 6) is 1.00. The fourth-order valence-electron chi connectivity index (χ4n) is 5.49. The van der Waals surface area contributed by atoms with E-state index in [0.717, 1.165) is 37.0 Å². The minimum Gasteiger partial charge on any atom is -0.419 e. The Hall–Kier alpha value is -2.16. The van der Waals surface area contributed by atoms with Crippen molar-refractivity contribution in [2.24, 2.45) is 5.92 Å². The Labute approximate surface area is 191 Å². The zero-order chi connectivity index (χ0) is 22.5. The van der Waals surface area contributed by atoms with E-state index in [4.69, 9.17) is 4.42 Å². The Kier molecular flexibility index (Phi) is 7.65. The van der Waals surface area contributed by atoms with Crippen LogP contribution >= 0.6 is 0 Å². The van der Waals surface area contributed by atoms with Gasteiger partial charge in [0.05, 0.1) is 5.39 Å². The second-order valence-corrected chi connectivity index (χ2v) is 9.78. The van der Waals surface area contributed by atoms with E-state index >= 15 is 4.39 Å². The van der Waals surface area contributed by atoms with Gasteiger partial charge in [0.15, 0.2) is 11.4 Å². The van der Waals surface area contributed by atoms with Crippen LogP contribution in [-0.2, 0) is 6.42 Å². The van der Waals surface area contributed by atoms with Crippen LogP contribution in [-0.4, -0.2) is 0 Å². The van der Waals surface area contributed by atoms with Gasteiger partial charge in [-0.3, -0.25) is 0 Å². The molecule has 1 aromatic heterocycles. The van der Waals surface area contributed by atoms with Crippen LogP contribution in [0.2, 0.25) is 0 Å². The summed E-state index contributed by atoms with van der Waals surface area (Å²) in [5, 5.41) is 2.08. The summed E-state index contributed by atoms with van der Waals surface area (Å²) >= 11 is 0. The van der Waals surface area contributed by atoms with Crippen LogP contribution in [0.4, 0.5) is 4.39 Å². The smallest absolute Gasteiger partial charge is 0.344 e. The van der Waals surface area contributed by atoms with Crippen LogP contribution in [0.3, 0.4) is 0 Å². The van der Waals surface area contributed by atoms with E-state index in [-0.39, 0.29) is 11.4 Å². The Morgan fingerprint density at radius 3 is 2.38 bits per heavy atom. The van der Waals surface area contributed by atoms with Crippen molar-refractivity contribution in [3.63, 3.8) is 0 Å². The highest BCUT2D eigenvalue weighted by molar-refractivity contribution is 6.04. The maximum atomic E-state index is 15.1. The van der Waals surface area contributed by atoms with E-state index < -0.39 is 5.63 Å². The van der Waals surface area contributed by atoms with Crippen LogP contribution in [0.25, 0.3) is 21.7 Å². The molecular formula is C29H37FO2. The van der Waals surface area contributed by atoms with E-state index in [0.29, 0.717) is 28.7 Å². The van der Waals surface area contributed by atoms with E-state index in [1.165, 1.54) is 50.5 Å². The summed E-state index contributed by atoms with van der Waals surface area (Å²) in [4.78, 5) is 12.8. The summed E-state index contributed by atoms with van der Waals surface area (Å²) in [7, 11) is 0. The number of fused-ring (bicyclic) bond motifs is 3. The molecule has 0 N–H and O–H groups in total. The van der Waals surface area contributed by atoms with Gasteiger partial charge >= 0.3 is 5.63 Å². The Bertz CT molecular complexity index is 1110. The highest BCUT2D eigenvalue weighted by Gasteiger charge is 2.23. The first kappa shape index (κ1) is 23.0. The molecule has 1 saturated carbocycles. The number of benzene rings is 2. The fraction of sp³-hybridized carbons (Fsp3) is 0.552. The normalized spacial score (nSPS) is 19.1. The third-order valence-electron chi connectivity index (χ3n) is 7.51. The molecule has 1 aliphatic rings. The number of hydrogen-bond acceptors (Lipinski definition) is 2. The summed E-state index contributed by atoms with van der Waals surface area (Å²) in [6.07, 6.45) is 13.9. The van der Waals surface area contributed by atoms with Gasteiger partial charge in [-0.25, -0.2) is 9.18 Å². The van der Waals surface area contributed by atoms with Crippen molar-refractivity contribution in [2.75, 3.05) is 0 Å². The molecule has 0 atom stereocenters. The van der Waals surface area contributed by atoms with E-state index in [2.05, 4.69) is 19.9 Å². The average molecular weight is 437 g/mol. The molecule has 2 aromatic carbocycles. The molecule has 0 spiro atoms. The SMILES string of the molecule is CCCCCCc1ccc2c(oc(=O)c3cc(C4CCC(CCCC)CC4)ccc32)c1F. The molecule has 1 heterocycles. The second kappa shape index (κ2) is 10.6. The maximum absolute atomic E-state index is 15.1. The minimum absolute atomic E-state index is 0.111. The number of hydrogen-bond donors (Lipinski definition) is 0. The molecule has 0 saturated heterocycles. The molecule has 3 aromatic rings. The van der Waals surface area contributed by atoms with Gasteiger partial charge in [0, 0.05) is 10.8 Å². The molecule has 0 bridgehead atoms. The van der Waals surface area contributed by atoms with Crippen LogP contribution in [0, 0.1) is 11.7 Å². The highest BCUT2D eigenvalue weighted by Crippen LogP contribution is 2.39. The van der Waals surface area contributed by atoms with Gasteiger partial charge in [0.25, 0.3) is 0 Å². The average Bonchev–Trinajstić information content (AvgIpc) is 2.82. The molecule has 0 radical (unpaired) electrons. The van der Waals surface area contributed by atoms with Crippen molar-refractivity contribution in [3.05, 3.63) is 57.7 Å². The van der Waals surface area contributed by atoms with Crippen LogP contribution in [0.1, 0.15) is 102 Å². The largest absolute Gasteiger partial charge is 0.419 e. The third kappa shape index (κ3) is 4.92. The van der Waals surface area contributed by atoms with Crippen molar-refractivity contribution in [3.8, 4) is 0 Å². The number of aryl methyl sites for hydroxylation is 1. The summed E-state index contributed by atoms with van der Waals surface area (Å²) in [6, 6.07) is 9.96. The minimum atomic E-state index is -0.423. The lowest BCUT2D eigenvalue weighted by molar-refractivity contribution is 0.304. The van der Waals surface area contributed by atoms with Crippen molar-refractivity contribution < 1.29 is 8.81 Å². The van der Waals surface area contributed by atoms with E-state index in [1.54, 1.807) is 0 Å². The molecule has 0 unspecified atom stereocenters. The first-order valence-corrected chi connectivity index (χ1v) is 12.8. The predicted octanol–water partition coefficient (Wildman–Crippen LogP) is 8.67. The standard InChI is InChI=1S/C29H37FO2/c1-3-5-7-8-10-22-15-18-25-24-17-16-23(19-26(24)29(31)32-28(25)27(22)30)21-13-11-20(12-14-21)9-6-4-2/h15-21H,3-14H2,1-2H3. The van der Waals surface area contributed by atoms with E-state index in [1.807, 2.05) is 24.3 Å². The molecule has 3 heteroatoms. The molecule has 32 heavy (non-hydrogen) atoms. The first-order valence-electron chi connectivity index (χ1n) is 12.8. The number of unbranched alkanes of at least 4 members (excludes halogenated alkanes) is 4. The van der Waals surface area contributed by atoms with Crippen LogP contribution < -0.4 is 5.63 Å². The van der Waals surface area contributed by atoms with Crippen LogP contribution in [0.5, 0.6) is 0 Å². The lowest BCUT2D eigenvalue weighted by Gasteiger charge is -2.29. The summed E-state index contributed by atoms with van der Waals surface area (Å²) in [6.45, 7) is 4.43. The maximum Gasteiger partial charge on any atom is 0.344 e. The van der Waals surface area contributed by atoms with Gasteiger partial charge in [-0.1, -0.05) is 76.6 Å². The fourth-order valence-corrected chi connectivity index (χ4v) is 5.49. The van der Waals surface area contributed by atoms with Gasteiger partial charge < -0.3 is 4.42 Å². The van der Waals surface area contributed by atoms with Gasteiger partial charge in [-0.15, -0.1) is 0 Å². The molecule has 1 aliphatic carbocycles. The van der Waals surface area contributed by atoms with Gasteiger partial charge in [0.1, 0.15) is 0 Å². The zero-order valence-electron chi connectivity index (χ0n) is 19.7. The molecule has 1 fully saturated rings. The zero-order valence-corrected chi connectivity index (χ0v) is 19.7. The van der Waals surface area contributed by atoms with Crippen molar-refractivity contribution in [2.45, 2.75) is 96.8 Å². The van der Waals surface area contributed by atoms with Gasteiger partial charge in [-0.2, -0.15) is 0 Å². The monoisotopic (exact) mass is 436 g/mol. The van der Waals surface area contributed by atoms with Gasteiger partial charge in [-0.05, 0) is 67.6 Å². The highest BCUT2D eigenvalue weighted by atomic mass is 19.1. The Balaban J connectivity index is 1.59. The molecule has 2 nitrogen and oxygen atoms in total. The van der Waals surface area contributed by atoms with Crippen LogP contribution in [0.15, 0.2) is 39.5 Å². The Morgan fingerprint density at radius 2 is 1.62 bits per heavy atom. The molecular weight excluding hydrogens is 399 g/mol. The quantitative estimate of drug-likeness (QED) is 0.191. The lowest BCUT2D eigenvalue weighted by atomic mass is 9.77. The van der Waals surface area contributed by atoms with E-state index in [9.17, 15) is 4.79 Å². The van der Waals surface area contributed by atoms with Gasteiger partial charge in [0.2, 0.25) is 0 Å². The second-order valence-electron chi connectivity index (χ2n) is 9.78. The van der Waals surface area contributed by atoms with Crippen molar-refractivity contribution in [1.29, 1.82) is 0 Å². The molecule has 4 rings (SSSR count). The Morgan fingerprint density at radius 1 is 0.875 bits per heavy atom. The lowest BCUT2D eigenvalue weighted by Crippen LogP contribution is -2.13. The molecule has 0 amide bonds. The molecule has 172 valence electrons. The summed E-state index contributed by atoms with van der Waals surface area (Å²) in [5.41, 5.74) is 1.56. The molecule has 0 aliphatic heterocycles. The topological polar surface area (TPSA) is 30.2 Å². The summed E-state index contributed by atoms with van der Waals surface area (Å²) < 4.78 is 20.7. The van der Waals surface area contributed by atoms with Crippen molar-refractivity contribution in [1.82, 2.24) is 0 Å². The third-order valence-corrected chi connectivity index (χ3v) is 7.51. The first-order chi connectivity index (χ1) is 15.6. The van der Waals surface area contributed by atoms with Crippen molar-refractivity contribution >= 4 is 21.7 Å². The number of halogens is 1. The predicted molar refractivity (Wildman–Crippen MR) is 132 cm³/mol.